The van der Waals surface area contributed by atoms with Crippen LogP contribution in [-0.4, -0.2) is 54.1 Å². The van der Waals surface area contributed by atoms with E-state index in [1.165, 1.54) is 17.5 Å². The number of aliphatic carboxylic acids is 1. The van der Waals surface area contributed by atoms with Gasteiger partial charge in [0.1, 0.15) is 12.3 Å². The first-order chi connectivity index (χ1) is 17.9. The molecule has 0 aliphatic rings. The van der Waals surface area contributed by atoms with Crippen LogP contribution in [0, 0.1) is 0 Å². The first-order valence-electron chi connectivity index (χ1n) is 11.9. The molecule has 1 N–H and O–H groups in total. The summed E-state index contributed by atoms with van der Waals surface area (Å²) in [6, 6.07) is 25.5. The zero-order chi connectivity index (χ0) is 26.2. The predicted molar refractivity (Wildman–Crippen MR) is 146 cm³/mol. The molecule has 4 rings (SSSR count). The molecule has 37 heavy (non-hydrogen) atoms. The molecule has 0 unspecified atom stereocenters. The van der Waals surface area contributed by atoms with Crippen molar-refractivity contribution < 1.29 is 19.4 Å². The monoisotopic (exact) mass is 515 g/mol. The Morgan fingerprint density at radius 1 is 0.946 bits per heavy atom. The molecule has 0 saturated heterocycles. The second-order valence-corrected chi connectivity index (χ2v) is 9.49. The molecule has 1 heterocycles. The van der Waals surface area contributed by atoms with Gasteiger partial charge in [0, 0.05) is 36.6 Å². The van der Waals surface area contributed by atoms with Gasteiger partial charge in [-0.3, -0.25) is 9.59 Å². The van der Waals surface area contributed by atoms with Gasteiger partial charge in [-0.25, -0.2) is 4.98 Å². The molecule has 0 aliphatic heterocycles. The molecule has 8 heteroatoms. The highest BCUT2D eigenvalue weighted by atomic mass is 32.1. The fraction of sp³-hybridized carbons (Fsp3) is 0.207. The van der Waals surface area contributed by atoms with Gasteiger partial charge in [-0.1, -0.05) is 42.5 Å². The summed E-state index contributed by atoms with van der Waals surface area (Å²) < 4.78 is 5.27. The summed E-state index contributed by atoms with van der Waals surface area (Å²) in [7, 11) is 3.13. The number of thiazole rings is 1. The minimum absolute atomic E-state index is 0.320. The standard InChI is InChI=1S/C29H29N3O4S/c1-31(19-27(33)34)28(35)24-10-8-22(9-11-24)18-32(17-16-21-6-4-3-5-7-21)29-30-26(20-37-29)23-12-14-25(36-2)15-13-23/h3-15,20H,16-19H2,1-2H3,(H,33,34). The maximum absolute atomic E-state index is 12.5. The van der Waals surface area contributed by atoms with E-state index in [1.54, 1.807) is 30.6 Å². The van der Waals surface area contributed by atoms with Gasteiger partial charge in [-0.2, -0.15) is 0 Å². The van der Waals surface area contributed by atoms with Crippen LogP contribution in [0.2, 0.25) is 0 Å². The van der Waals surface area contributed by atoms with Gasteiger partial charge in [0.25, 0.3) is 5.91 Å². The van der Waals surface area contributed by atoms with E-state index in [-0.39, 0.29) is 12.5 Å². The molecule has 0 fully saturated rings. The molecule has 7 nitrogen and oxygen atoms in total. The molecular weight excluding hydrogens is 486 g/mol. The highest BCUT2D eigenvalue weighted by Gasteiger charge is 2.16. The Balaban J connectivity index is 1.52. The number of hydrogen-bond acceptors (Lipinski definition) is 6. The Bertz CT molecular complexity index is 1320. The Morgan fingerprint density at radius 3 is 2.30 bits per heavy atom. The van der Waals surface area contributed by atoms with Gasteiger partial charge in [-0.15, -0.1) is 11.3 Å². The number of likely N-dealkylation sites (N-methyl/N-ethyl adjacent to an activating group) is 1. The van der Waals surface area contributed by atoms with Crippen molar-refractivity contribution in [2.24, 2.45) is 0 Å². The third kappa shape index (κ3) is 6.95. The van der Waals surface area contributed by atoms with Crippen LogP contribution in [0.15, 0.2) is 84.2 Å². The lowest BCUT2D eigenvalue weighted by Gasteiger charge is -2.22. The number of benzene rings is 3. The molecule has 0 bridgehead atoms. The van der Waals surface area contributed by atoms with Crippen molar-refractivity contribution in [3.63, 3.8) is 0 Å². The molecule has 1 aromatic heterocycles. The lowest BCUT2D eigenvalue weighted by atomic mass is 10.1. The van der Waals surface area contributed by atoms with E-state index in [9.17, 15) is 9.59 Å². The molecule has 190 valence electrons. The summed E-state index contributed by atoms with van der Waals surface area (Å²) >= 11 is 1.60. The number of carboxylic acids is 1. The second kappa shape index (κ2) is 12.2. The van der Waals surface area contributed by atoms with E-state index in [4.69, 9.17) is 14.8 Å². The molecule has 0 aliphatic carbocycles. The van der Waals surface area contributed by atoms with Crippen LogP contribution < -0.4 is 9.64 Å². The SMILES string of the molecule is COc1ccc(-c2csc(N(CCc3ccccc3)Cc3ccc(C(=O)N(C)CC(=O)O)cc3)n2)cc1. The van der Waals surface area contributed by atoms with Gasteiger partial charge in [0.2, 0.25) is 0 Å². The number of ether oxygens (including phenoxy) is 1. The minimum Gasteiger partial charge on any atom is -0.497 e. The average molecular weight is 516 g/mol. The number of aromatic nitrogens is 1. The second-order valence-electron chi connectivity index (χ2n) is 8.65. The minimum atomic E-state index is -1.04. The van der Waals surface area contributed by atoms with Crippen LogP contribution in [0.1, 0.15) is 21.5 Å². The lowest BCUT2D eigenvalue weighted by Crippen LogP contribution is -2.31. The quantitative estimate of drug-likeness (QED) is 0.295. The van der Waals surface area contributed by atoms with Crippen molar-refractivity contribution in [1.29, 1.82) is 0 Å². The van der Waals surface area contributed by atoms with E-state index >= 15 is 0 Å². The maximum Gasteiger partial charge on any atom is 0.323 e. The fourth-order valence-electron chi connectivity index (χ4n) is 3.92. The first-order valence-corrected chi connectivity index (χ1v) is 12.8. The van der Waals surface area contributed by atoms with Gasteiger partial charge in [-0.05, 0) is 53.9 Å². The van der Waals surface area contributed by atoms with E-state index in [1.807, 2.05) is 54.6 Å². The fourth-order valence-corrected chi connectivity index (χ4v) is 4.78. The molecule has 0 spiro atoms. The number of carbonyl (C=O) groups excluding carboxylic acids is 1. The highest BCUT2D eigenvalue weighted by molar-refractivity contribution is 7.14. The summed E-state index contributed by atoms with van der Waals surface area (Å²) in [6.07, 6.45) is 0.870. The van der Waals surface area contributed by atoms with Crippen molar-refractivity contribution in [3.8, 4) is 17.0 Å². The van der Waals surface area contributed by atoms with Crippen molar-refractivity contribution in [2.45, 2.75) is 13.0 Å². The third-order valence-corrected chi connectivity index (χ3v) is 6.86. The maximum atomic E-state index is 12.5. The first kappa shape index (κ1) is 25.9. The summed E-state index contributed by atoms with van der Waals surface area (Å²) in [6.45, 7) is 1.07. The van der Waals surface area contributed by atoms with Gasteiger partial charge >= 0.3 is 5.97 Å². The number of rotatable bonds is 11. The molecule has 0 saturated carbocycles. The van der Waals surface area contributed by atoms with Crippen molar-refractivity contribution in [2.75, 3.05) is 32.1 Å². The summed E-state index contributed by atoms with van der Waals surface area (Å²) in [4.78, 5) is 31.8. The zero-order valence-corrected chi connectivity index (χ0v) is 21.6. The molecule has 1 amide bonds. The largest absolute Gasteiger partial charge is 0.497 e. The Hall–Kier alpha value is -4.17. The molecule has 4 aromatic rings. The van der Waals surface area contributed by atoms with Crippen molar-refractivity contribution >= 4 is 28.3 Å². The number of nitrogens with zero attached hydrogens (tertiary/aromatic N) is 3. The van der Waals surface area contributed by atoms with Crippen LogP contribution in [0.25, 0.3) is 11.3 Å². The number of carboxylic acid groups (broad SMARTS) is 1. The third-order valence-electron chi connectivity index (χ3n) is 5.96. The van der Waals surface area contributed by atoms with Gasteiger partial charge in [0.05, 0.1) is 12.8 Å². The van der Waals surface area contributed by atoms with E-state index in [0.717, 1.165) is 40.7 Å². The van der Waals surface area contributed by atoms with Crippen LogP contribution in [0.5, 0.6) is 5.75 Å². The Morgan fingerprint density at radius 2 is 1.65 bits per heavy atom. The van der Waals surface area contributed by atoms with Gasteiger partial charge < -0.3 is 19.6 Å². The highest BCUT2D eigenvalue weighted by Crippen LogP contribution is 2.30. The summed E-state index contributed by atoms with van der Waals surface area (Å²) in [5.41, 5.74) is 4.68. The van der Waals surface area contributed by atoms with E-state index in [2.05, 4.69) is 22.4 Å². The number of methoxy groups -OCH3 is 1. The molecule has 3 aromatic carbocycles. The molecule has 0 atom stereocenters. The number of carbonyl (C=O) groups is 2. The van der Waals surface area contributed by atoms with Gasteiger partial charge in [0.15, 0.2) is 5.13 Å². The van der Waals surface area contributed by atoms with Crippen LogP contribution in [-0.2, 0) is 17.8 Å². The number of anilines is 1. The smallest absolute Gasteiger partial charge is 0.323 e. The van der Waals surface area contributed by atoms with Crippen molar-refractivity contribution in [1.82, 2.24) is 9.88 Å². The van der Waals surface area contributed by atoms with Crippen molar-refractivity contribution in [3.05, 3.63) is 101 Å². The van der Waals surface area contributed by atoms with Crippen LogP contribution >= 0.6 is 11.3 Å². The Kier molecular flexibility index (Phi) is 8.53. The topological polar surface area (TPSA) is 83.0 Å². The zero-order valence-electron chi connectivity index (χ0n) is 20.8. The van der Waals surface area contributed by atoms with Crippen LogP contribution in [0.4, 0.5) is 5.13 Å². The number of hydrogen-bond donors (Lipinski definition) is 1. The lowest BCUT2D eigenvalue weighted by molar-refractivity contribution is -0.137. The van der Waals surface area contributed by atoms with Crippen LogP contribution in [0.3, 0.4) is 0 Å². The normalized spacial score (nSPS) is 10.6. The van der Waals surface area contributed by atoms with E-state index in [0.29, 0.717) is 12.1 Å². The van der Waals surface area contributed by atoms with E-state index < -0.39 is 5.97 Å². The molecular formula is C29H29N3O4S. The number of amides is 1. The molecule has 0 radical (unpaired) electrons. The summed E-state index contributed by atoms with van der Waals surface area (Å²) in [5, 5.41) is 11.9. The summed E-state index contributed by atoms with van der Waals surface area (Å²) in [5.74, 6) is -0.558. The Labute approximate surface area is 220 Å². The average Bonchev–Trinajstić information content (AvgIpc) is 3.41. The predicted octanol–water partition coefficient (Wildman–Crippen LogP) is 5.22.